The Balaban J connectivity index is 1.62. The van der Waals surface area contributed by atoms with Gasteiger partial charge >= 0.3 is 0 Å². The Kier molecular flexibility index (Phi) is 8.26. The van der Waals surface area contributed by atoms with Crippen LogP contribution in [0.3, 0.4) is 0 Å². The van der Waals surface area contributed by atoms with Crippen molar-refractivity contribution in [1.29, 1.82) is 0 Å². The number of hydrogen-bond acceptors (Lipinski definition) is 6. The first-order chi connectivity index (χ1) is 19.7. The average molecular weight is 578 g/mol. The van der Waals surface area contributed by atoms with Crippen LogP contribution in [-0.2, 0) is 16.0 Å². The van der Waals surface area contributed by atoms with Crippen molar-refractivity contribution in [2.45, 2.75) is 32.6 Å². The molecule has 8 nitrogen and oxygen atoms in total. The highest BCUT2D eigenvalue weighted by atomic mass is 35.5. The second-order valence-corrected chi connectivity index (χ2v) is 10.9. The number of carbonyl (C=O) groups is 2. The highest BCUT2D eigenvalue weighted by Crippen LogP contribution is 2.42. The maximum Gasteiger partial charge on any atom is 0.222 e. The molecule has 0 radical (unpaired) electrons. The van der Waals surface area contributed by atoms with E-state index in [1.165, 1.54) is 11.0 Å². The smallest absolute Gasteiger partial charge is 0.222 e. The number of benzene rings is 3. The Morgan fingerprint density at radius 3 is 2.49 bits per heavy atom. The predicted octanol–water partition coefficient (Wildman–Crippen LogP) is 5.42. The molecule has 1 saturated heterocycles. The third-order valence-corrected chi connectivity index (χ3v) is 7.85. The van der Waals surface area contributed by atoms with E-state index in [0.717, 1.165) is 10.8 Å². The number of carbonyl (C=O) groups excluding carboxylic acids is 2. The van der Waals surface area contributed by atoms with Gasteiger partial charge in [0, 0.05) is 70.5 Å². The average Bonchev–Trinajstić information content (AvgIpc) is 2.96. The molecule has 0 atom stereocenters. The van der Waals surface area contributed by atoms with Crippen molar-refractivity contribution in [3.8, 4) is 16.9 Å². The fraction of sp³-hybridized carbons (Fsp3) is 0.355. The summed E-state index contributed by atoms with van der Waals surface area (Å²) in [5.41, 5.74) is 0.751. The lowest BCUT2D eigenvalue weighted by molar-refractivity contribution is -0.131. The molecule has 2 amide bonds. The molecule has 3 aromatic carbocycles. The van der Waals surface area contributed by atoms with E-state index in [9.17, 15) is 14.7 Å². The van der Waals surface area contributed by atoms with Gasteiger partial charge in [-0.3, -0.25) is 9.59 Å². The van der Waals surface area contributed by atoms with Crippen LogP contribution < -0.4 is 4.90 Å². The number of phenolic OH excluding ortho intramolecular Hbond substituents is 1. The maximum atomic E-state index is 16.6. The molecule has 1 aliphatic heterocycles. The second-order valence-electron chi connectivity index (χ2n) is 10.5. The molecule has 214 valence electrons. The fourth-order valence-corrected chi connectivity index (χ4v) is 5.63. The quantitative estimate of drug-likeness (QED) is 0.316. The van der Waals surface area contributed by atoms with Gasteiger partial charge in [0.15, 0.2) is 5.82 Å². The van der Waals surface area contributed by atoms with Crippen LogP contribution in [0.2, 0.25) is 5.02 Å². The van der Waals surface area contributed by atoms with E-state index in [1.54, 1.807) is 26.2 Å². The second kappa shape index (κ2) is 11.9. The highest BCUT2D eigenvalue weighted by molar-refractivity contribution is 6.35. The van der Waals surface area contributed by atoms with E-state index >= 15 is 4.39 Å². The predicted molar refractivity (Wildman–Crippen MR) is 160 cm³/mol. The van der Waals surface area contributed by atoms with Gasteiger partial charge in [-0.15, -0.1) is 0 Å². The summed E-state index contributed by atoms with van der Waals surface area (Å²) >= 11 is 6.79. The number of rotatable bonds is 7. The summed E-state index contributed by atoms with van der Waals surface area (Å²) in [5.74, 6) is 0.486. The van der Waals surface area contributed by atoms with E-state index < -0.39 is 5.82 Å². The largest absolute Gasteiger partial charge is 0.508 e. The van der Waals surface area contributed by atoms with Gasteiger partial charge in [-0.05, 0) is 41.0 Å². The third-order valence-electron chi connectivity index (χ3n) is 7.55. The minimum atomic E-state index is -0.600. The van der Waals surface area contributed by atoms with Gasteiger partial charge in [-0.1, -0.05) is 42.8 Å². The Labute approximate surface area is 243 Å². The molecule has 1 aliphatic rings. The van der Waals surface area contributed by atoms with Crippen LogP contribution in [0.25, 0.3) is 32.8 Å². The lowest BCUT2D eigenvalue weighted by Crippen LogP contribution is -2.49. The Morgan fingerprint density at radius 2 is 1.78 bits per heavy atom. The van der Waals surface area contributed by atoms with E-state index in [4.69, 9.17) is 16.6 Å². The van der Waals surface area contributed by atoms with Gasteiger partial charge in [0.1, 0.15) is 22.9 Å². The molecule has 41 heavy (non-hydrogen) atoms. The van der Waals surface area contributed by atoms with Crippen LogP contribution in [0.4, 0.5) is 10.2 Å². The van der Waals surface area contributed by atoms with Crippen molar-refractivity contribution in [3.63, 3.8) is 0 Å². The number of fused-ring (bicyclic) bond motifs is 2. The zero-order valence-electron chi connectivity index (χ0n) is 23.5. The number of piperazine rings is 1. The fourth-order valence-electron chi connectivity index (χ4n) is 5.34. The summed E-state index contributed by atoms with van der Waals surface area (Å²) in [6.45, 7) is 3.99. The monoisotopic (exact) mass is 577 g/mol. The molecule has 1 N–H and O–H groups in total. The molecule has 0 unspecified atom stereocenters. The van der Waals surface area contributed by atoms with Gasteiger partial charge in [0.25, 0.3) is 0 Å². The lowest BCUT2D eigenvalue weighted by atomic mass is 9.96. The minimum absolute atomic E-state index is 0.00117. The van der Waals surface area contributed by atoms with Crippen LogP contribution >= 0.6 is 11.6 Å². The van der Waals surface area contributed by atoms with E-state index in [1.807, 2.05) is 41.0 Å². The third kappa shape index (κ3) is 5.77. The molecule has 5 rings (SSSR count). The first-order valence-electron chi connectivity index (χ1n) is 13.8. The molecule has 1 aromatic heterocycles. The van der Waals surface area contributed by atoms with Crippen LogP contribution in [-0.4, -0.2) is 77.0 Å². The summed E-state index contributed by atoms with van der Waals surface area (Å²) in [5, 5.41) is 12.6. The topological polar surface area (TPSA) is 89.9 Å². The first-order valence-corrected chi connectivity index (χ1v) is 14.2. The number of aromatic hydroxyl groups is 1. The van der Waals surface area contributed by atoms with Gasteiger partial charge in [0.2, 0.25) is 11.8 Å². The normalized spacial score (nSPS) is 13.7. The molecular formula is C31H33ClFN5O3. The molecule has 0 bridgehead atoms. The number of phenols is 1. The van der Waals surface area contributed by atoms with Crippen LogP contribution in [0.15, 0.2) is 42.5 Å². The van der Waals surface area contributed by atoms with Crippen molar-refractivity contribution >= 4 is 50.9 Å². The van der Waals surface area contributed by atoms with E-state index in [-0.39, 0.29) is 33.7 Å². The molecule has 0 saturated carbocycles. The lowest BCUT2D eigenvalue weighted by Gasteiger charge is -2.36. The van der Waals surface area contributed by atoms with E-state index in [2.05, 4.69) is 4.98 Å². The Morgan fingerprint density at radius 1 is 1.05 bits per heavy atom. The standard InChI is InChI=1S/C31H33ClFN5O3/c1-4-26(40)37-12-14-38(15-13-37)31-23-18-24(32)28(22-17-20(39)16-19-8-5-6-9-21(19)22)29(33)30(23)34-25(35-31)10-7-11-27(41)36(2)3/h5-6,8-9,16-18,39H,4,7,10-15H2,1-3H3. The number of nitrogens with zero attached hydrogens (tertiary/aromatic N) is 5. The number of amides is 2. The Bertz CT molecular complexity index is 1640. The zero-order valence-corrected chi connectivity index (χ0v) is 24.2. The van der Waals surface area contributed by atoms with Crippen molar-refractivity contribution in [1.82, 2.24) is 19.8 Å². The van der Waals surface area contributed by atoms with Crippen molar-refractivity contribution in [2.75, 3.05) is 45.2 Å². The first kappa shape index (κ1) is 28.5. The van der Waals surface area contributed by atoms with Gasteiger partial charge in [-0.25, -0.2) is 14.4 Å². The Hall–Kier alpha value is -3.98. The number of aryl methyl sites for hydroxylation is 1. The van der Waals surface area contributed by atoms with E-state index in [0.29, 0.717) is 74.5 Å². The van der Waals surface area contributed by atoms with Gasteiger partial charge < -0.3 is 19.8 Å². The van der Waals surface area contributed by atoms with Crippen LogP contribution in [0.1, 0.15) is 32.0 Å². The molecule has 2 heterocycles. The SMILES string of the molecule is CCC(=O)N1CCN(c2nc(CCCC(=O)N(C)C)nc3c(F)c(-c4cc(O)cc5ccccc45)c(Cl)cc23)CC1. The van der Waals surface area contributed by atoms with Gasteiger partial charge in [-0.2, -0.15) is 0 Å². The summed E-state index contributed by atoms with van der Waals surface area (Å²) < 4.78 is 16.6. The maximum absolute atomic E-state index is 16.6. The number of halogens is 2. The molecule has 0 spiro atoms. The summed E-state index contributed by atoms with van der Waals surface area (Å²) in [6, 6.07) is 12.2. The number of aromatic nitrogens is 2. The van der Waals surface area contributed by atoms with Crippen LogP contribution in [0.5, 0.6) is 5.75 Å². The molecule has 4 aromatic rings. The van der Waals surface area contributed by atoms with Crippen molar-refractivity contribution in [2.24, 2.45) is 0 Å². The molecule has 0 aliphatic carbocycles. The van der Waals surface area contributed by atoms with Crippen LogP contribution in [0, 0.1) is 5.82 Å². The zero-order chi connectivity index (χ0) is 29.3. The molecule has 10 heteroatoms. The number of hydrogen-bond donors (Lipinski definition) is 1. The molecule has 1 fully saturated rings. The van der Waals surface area contributed by atoms with Crippen molar-refractivity contribution in [3.05, 3.63) is 59.1 Å². The van der Waals surface area contributed by atoms with Crippen molar-refractivity contribution < 1.29 is 19.1 Å². The minimum Gasteiger partial charge on any atom is -0.508 e. The van der Waals surface area contributed by atoms with Gasteiger partial charge in [0.05, 0.1) is 5.02 Å². The molecular weight excluding hydrogens is 545 g/mol. The summed E-state index contributed by atoms with van der Waals surface area (Å²) in [7, 11) is 3.42. The summed E-state index contributed by atoms with van der Waals surface area (Å²) in [6.07, 6.45) is 1.67. The number of anilines is 1. The highest BCUT2D eigenvalue weighted by Gasteiger charge is 2.26. The summed E-state index contributed by atoms with van der Waals surface area (Å²) in [4.78, 5) is 39.3.